The molecule has 7 heteroatoms. The number of likely N-dealkylation sites (tertiary alicyclic amines) is 1. The van der Waals surface area contributed by atoms with Gasteiger partial charge in [0.05, 0.1) is 16.3 Å². The maximum absolute atomic E-state index is 13.2. The van der Waals surface area contributed by atoms with E-state index in [0.717, 1.165) is 52.4 Å². The van der Waals surface area contributed by atoms with E-state index in [1.807, 2.05) is 24.9 Å². The SMILES string of the molecule is CNCC1CCCN1C(=O)c1cc2c(C)nn(-c3ccc(F)cc3)c2s1. The Morgan fingerprint density at radius 2 is 2.15 bits per heavy atom. The van der Waals surface area contributed by atoms with Crippen LogP contribution in [0.4, 0.5) is 4.39 Å². The van der Waals surface area contributed by atoms with Crippen molar-refractivity contribution in [2.24, 2.45) is 0 Å². The third-order valence-electron chi connectivity index (χ3n) is 4.90. The lowest BCUT2D eigenvalue weighted by molar-refractivity contribution is 0.0742. The molecular formula is C19H21FN4OS. The molecule has 0 radical (unpaired) electrons. The smallest absolute Gasteiger partial charge is 0.264 e. The first-order valence-corrected chi connectivity index (χ1v) is 9.61. The van der Waals surface area contributed by atoms with Crippen LogP contribution in [0.15, 0.2) is 30.3 Å². The van der Waals surface area contributed by atoms with Gasteiger partial charge in [0, 0.05) is 24.5 Å². The number of hydrogen-bond donors (Lipinski definition) is 1. The summed E-state index contributed by atoms with van der Waals surface area (Å²) in [4.78, 5) is 16.7. The Kier molecular flexibility index (Phi) is 4.50. The minimum absolute atomic E-state index is 0.0917. The molecule has 5 nitrogen and oxygen atoms in total. The number of halogens is 1. The number of nitrogens with zero attached hydrogens (tertiary/aromatic N) is 3. The van der Waals surface area contributed by atoms with Gasteiger partial charge in [-0.15, -0.1) is 11.3 Å². The van der Waals surface area contributed by atoms with Crippen LogP contribution in [-0.2, 0) is 0 Å². The van der Waals surface area contributed by atoms with Gasteiger partial charge in [-0.2, -0.15) is 5.10 Å². The van der Waals surface area contributed by atoms with Crippen molar-refractivity contribution in [3.8, 4) is 5.69 Å². The molecule has 26 heavy (non-hydrogen) atoms. The average molecular weight is 372 g/mol. The number of aryl methyl sites for hydroxylation is 1. The molecular weight excluding hydrogens is 351 g/mol. The molecule has 136 valence electrons. The second kappa shape index (κ2) is 6.81. The van der Waals surface area contributed by atoms with Crippen LogP contribution < -0.4 is 5.32 Å². The van der Waals surface area contributed by atoms with E-state index in [4.69, 9.17) is 0 Å². The Labute approximate surface area is 155 Å². The van der Waals surface area contributed by atoms with Crippen molar-refractivity contribution < 1.29 is 9.18 Å². The maximum Gasteiger partial charge on any atom is 0.264 e. The fraction of sp³-hybridized carbons (Fsp3) is 0.368. The van der Waals surface area contributed by atoms with E-state index in [0.29, 0.717) is 0 Å². The van der Waals surface area contributed by atoms with Crippen molar-refractivity contribution in [3.05, 3.63) is 46.7 Å². The van der Waals surface area contributed by atoms with E-state index in [1.54, 1.807) is 16.8 Å². The first-order valence-electron chi connectivity index (χ1n) is 8.79. The Balaban J connectivity index is 1.71. The molecule has 1 atom stereocenters. The van der Waals surface area contributed by atoms with Gasteiger partial charge in [-0.1, -0.05) is 0 Å². The molecule has 0 spiro atoms. The second-order valence-corrected chi connectivity index (χ2v) is 7.69. The molecule has 1 aliphatic heterocycles. The molecule has 0 aliphatic carbocycles. The number of nitrogens with one attached hydrogen (secondary N) is 1. The Morgan fingerprint density at radius 1 is 1.38 bits per heavy atom. The summed E-state index contributed by atoms with van der Waals surface area (Å²) in [6.07, 6.45) is 2.09. The summed E-state index contributed by atoms with van der Waals surface area (Å²) in [5, 5.41) is 8.72. The first kappa shape index (κ1) is 17.2. The first-order chi connectivity index (χ1) is 12.6. The Morgan fingerprint density at radius 3 is 2.88 bits per heavy atom. The number of hydrogen-bond acceptors (Lipinski definition) is 4. The van der Waals surface area contributed by atoms with Crippen LogP contribution in [0.25, 0.3) is 15.9 Å². The lowest BCUT2D eigenvalue weighted by Crippen LogP contribution is -2.40. The molecule has 2 aromatic heterocycles. The number of amides is 1. The Hall–Kier alpha value is -2.25. The molecule has 3 aromatic rings. The largest absolute Gasteiger partial charge is 0.334 e. The molecule has 1 N–H and O–H groups in total. The molecule has 4 rings (SSSR count). The summed E-state index contributed by atoms with van der Waals surface area (Å²) in [5.41, 5.74) is 1.66. The number of carbonyl (C=O) groups is 1. The molecule has 1 amide bonds. The van der Waals surface area contributed by atoms with E-state index in [1.165, 1.54) is 23.5 Å². The number of likely N-dealkylation sites (N-methyl/N-ethyl adjacent to an activating group) is 1. The highest BCUT2D eigenvalue weighted by Gasteiger charge is 2.30. The fourth-order valence-corrected chi connectivity index (χ4v) is 4.74. The highest BCUT2D eigenvalue weighted by molar-refractivity contribution is 7.20. The predicted molar refractivity (Wildman–Crippen MR) is 102 cm³/mol. The highest BCUT2D eigenvalue weighted by Crippen LogP contribution is 2.32. The van der Waals surface area contributed by atoms with E-state index in [2.05, 4.69) is 10.4 Å². The molecule has 0 bridgehead atoms. The maximum atomic E-state index is 13.2. The van der Waals surface area contributed by atoms with E-state index in [9.17, 15) is 9.18 Å². The van der Waals surface area contributed by atoms with E-state index in [-0.39, 0.29) is 17.8 Å². The van der Waals surface area contributed by atoms with E-state index >= 15 is 0 Å². The molecule has 1 saturated heterocycles. The van der Waals surface area contributed by atoms with Crippen LogP contribution in [-0.4, -0.2) is 46.8 Å². The van der Waals surface area contributed by atoms with Gasteiger partial charge in [0.1, 0.15) is 10.6 Å². The van der Waals surface area contributed by atoms with Gasteiger partial charge in [0.15, 0.2) is 0 Å². The van der Waals surface area contributed by atoms with Crippen LogP contribution in [0.2, 0.25) is 0 Å². The van der Waals surface area contributed by atoms with E-state index < -0.39 is 0 Å². The van der Waals surface area contributed by atoms with Crippen molar-refractivity contribution in [2.75, 3.05) is 20.1 Å². The number of fused-ring (bicyclic) bond motifs is 1. The monoisotopic (exact) mass is 372 g/mol. The van der Waals surface area contributed by atoms with Crippen molar-refractivity contribution >= 4 is 27.5 Å². The normalized spacial score (nSPS) is 17.3. The topological polar surface area (TPSA) is 50.2 Å². The lowest BCUT2D eigenvalue weighted by atomic mass is 10.2. The van der Waals surface area contributed by atoms with Gasteiger partial charge in [-0.25, -0.2) is 9.07 Å². The van der Waals surface area contributed by atoms with Gasteiger partial charge >= 0.3 is 0 Å². The fourth-order valence-electron chi connectivity index (χ4n) is 3.60. The Bertz CT molecular complexity index is 947. The van der Waals surface area contributed by atoms with Crippen LogP contribution >= 0.6 is 11.3 Å². The molecule has 1 unspecified atom stereocenters. The van der Waals surface area contributed by atoms with Crippen LogP contribution in [0.3, 0.4) is 0 Å². The van der Waals surface area contributed by atoms with Crippen LogP contribution in [0.5, 0.6) is 0 Å². The quantitative estimate of drug-likeness (QED) is 0.764. The number of rotatable bonds is 4. The van der Waals surface area contributed by atoms with Crippen molar-refractivity contribution in [1.82, 2.24) is 20.0 Å². The van der Waals surface area contributed by atoms with Gasteiger partial charge < -0.3 is 10.2 Å². The summed E-state index contributed by atoms with van der Waals surface area (Å²) in [6, 6.07) is 8.44. The van der Waals surface area contributed by atoms with Crippen LogP contribution in [0.1, 0.15) is 28.2 Å². The summed E-state index contributed by atoms with van der Waals surface area (Å²) in [7, 11) is 1.92. The summed E-state index contributed by atoms with van der Waals surface area (Å²) < 4.78 is 15.0. The minimum atomic E-state index is -0.277. The van der Waals surface area contributed by atoms with Gasteiger partial charge in [-0.05, 0) is 57.1 Å². The zero-order valence-electron chi connectivity index (χ0n) is 14.8. The van der Waals surface area contributed by atoms with Crippen molar-refractivity contribution in [2.45, 2.75) is 25.8 Å². The molecule has 0 saturated carbocycles. The second-order valence-electron chi connectivity index (χ2n) is 6.66. The molecule has 1 aliphatic rings. The summed E-state index contributed by atoms with van der Waals surface area (Å²) in [5.74, 6) is -0.186. The minimum Gasteiger partial charge on any atom is -0.334 e. The van der Waals surface area contributed by atoms with Crippen LogP contribution in [0, 0.1) is 12.7 Å². The zero-order valence-corrected chi connectivity index (χ0v) is 15.6. The van der Waals surface area contributed by atoms with Gasteiger partial charge in [0.2, 0.25) is 0 Å². The van der Waals surface area contributed by atoms with Crippen molar-refractivity contribution in [1.29, 1.82) is 0 Å². The molecule has 1 aromatic carbocycles. The van der Waals surface area contributed by atoms with Gasteiger partial charge in [0.25, 0.3) is 5.91 Å². The van der Waals surface area contributed by atoms with Gasteiger partial charge in [-0.3, -0.25) is 4.79 Å². The average Bonchev–Trinajstić information content (AvgIpc) is 3.33. The zero-order chi connectivity index (χ0) is 18.3. The summed E-state index contributed by atoms with van der Waals surface area (Å²) >= 11 is 1.45. The highest BCUT2D eigenvalue weighted by atomic mass is 32.1. The third kappa shape index (κ3) is 2.91. The number of carbonyl (C=O) groups excluding carboxylic acids is 1. The number of benzene rings is 1. The predicted octanol–water partition coefficient (Wildman–Crippen LogP) is 3.36. The summed E-state index contributed by atoms with van der Waals surface area (Å²) in [6.45, 7) is 3.56. The molecule has 1 fully saturated rings. The lowest BCUT2D eigenvalue weighted by Gasteiger charge is -2.23. The third-order valence-corrected chi connectivity index (χ3v) is 6.00. The molecule has 3 heterocycles. The number of aromatic nitrogens is 2. The number of thiophene rings is 1. The standard InChI is InChI=1S/C19H21FN4OS/c1-12-16-10-17(18(25)23-9-3-4-15(23)11-21-2)26-19(16)24(22-12)14-7-5-13(20)6-8-14/h5-8,10,15,21H,3-4,9,11H2,1-2H3. The van der Waals surface area contributed by atoms with Crippen molar-refractivity contribution in [3.63, 3.8) is 0 Å².